The van der Waals surface area contributed by atoms with E-state index < -0.39 is 46.5 Å². The molecule has 0 fully saturated rings. The lowest BCUT2D eigenvalue weighted by molar-refractivity contribution is 0.0331. The summed E-state index contributed by atoms with van der Waals surface area (Å²) in [7, 11) is 5.62. The fraction of sp³-hybridized carbons (Fsp3) is 0.227. The molecule has 2 N–H and O–H groups in total. The minimum Gasteiger partial charge on any atom is -0.504 e. The lowest BCUT2D eigenvalue weighted by Crippen LogP contribution is -2.21. The van der Waals surface area contributed by atoms with Crippen molar-refractivity contribution in [2.24, 2.45) is 0 Å². The first-order valence-corrected chi connectivity index (χ1v) is 17.7. The van der Waals surface area contributed by atoms with Crippen LogP contribution in [-0.2, 0) is 22.3 Å². The van der Waals surface area contributed by atoms with E-state index in [4.69, 9.17) is 28.4 Å². The maximum atomic E-state index is 14.4. The van der Waals surface area contributed by atoms with E-state index in [0.29, 0.717) is 21.9 Å². The highest BCUT2D eigenvalue weighted by molar-refractivity contribution is 6.38. The van der Waals surface area contributed by atoms with Crippen molar-refractivity contribution < 1.29 is 48.2 Å². The zero-order valence-corrected chi connectivity index (χ0v) is 31.5. The van der Waals surface area contributed by atoms with Gasteiger partial charge >= 0.3 is 11.9 Å². The Morgan fingerprint density at radius 2 is 0.821 bits per heavy atom. The third kappa shape index (κ3) is 6.03. The van der Waals surface area contributed by atoms with Crippen molar-refractivity contribution >= 4 is 55.0 Å². The van der Waals surface area contributed by atoms with Crippen LogP contribution < -0.4 is 29.8 Å². The van der Waals surface area contributed by atoms with Crippen LogP contribution in [-0.4, -0.2) is 62.8 Å². The van der Waals surface area contributed by atoms with Gasteiger partial charge in [0.15, 0.2) is 11.5 Å². The van der Waals surface area contributed by atoms with Crippen LogP contribution in [0.2, 0.25) is 0 Å². The quantitative estimate of drug-likeness (QED) is 0.0753. The maximum Gasteiger partial charge on any atom is 0.338 e. The number of ether oxygens (including phenoxy) is 6. The van der Waals surface area contributed by atoms with Gasteiger partial charge in [-0.15, -0.1) is 0 Å². The lowest BCUT2D eigenvalue weighted by atomic mass is 9.82. The van der Waals surface area contributed by atoms with Gasteiger partial charge in [-0.25, -0.2) is 9.59 Å². The topological polar surface area (TPSA) is 164 Å². The lowest BCUT2D eigenvalue weighted by Gasteiger charge is -2.25. The molecule has 2 atom stereocenters. The second-order valence-electron chi connectivity index (χ2n) is 13.4. The fourth-order valence-corrected chi connectivity index (χ4v) is 7.67. The molecule has 7 aromatic carbocycles. The molecule has 0 aliphatic rings. The van der Waals surface area contributed by atoms with Crippen molar-refractivity contribution in [1.29, 1.82) is 0 Å². The summed E-state index contributed by atoms with van der Waals surface area (Å²) in [6.45, 7) is 3.24. The van der Waals surface area contributed by atoms with Crippen molar-refractivity contribution in [2.75, 3.05) is 28.4 Å². The fourth-order valence-electron chi connectivity index (χ4n) is 7.67. The first-order chi connectivity index (χ1) is 26.9. The third-order valence-corrected chi connectivity index (χ3v) is 10.1. The summed E-state index contributed by atoms with van der Waals surface area (Å²) in [5.74, 6) is -1.89. The van der Waals surface area contributed by atoms with Crippen molar-refractivity contribution in [1.82, 2.24) is 0 Å². The molecule has 0 saturated heterocycles. The van der Waals surface area contributed by atoms with E-state index in [2.05, 4.69) is 0 Å². The van der Waals surface area contributed by atoms with Gasteiger partial charge in [0.2, 0.25) is 10.9 Å². The molecule has 12 nitrogen and oxygen atoms in total. The molecule has 0 spiro atoms. The summed E-state index contributed by atoms with van der Waals surface area (Å²) in [5, 5.41) is 25.6. The Bertz CT molecular complexity index is 2570. The minimum absolute atomic E-state index is 0.00894. The van der Waals surface area contributed by atoms with Crippen LogP contribution in [0.4, 0.5) is 0 Å². The van der Waals surface area contributed by atoms with Crippen LogP contribution in [0.1, 0.15) is 45.7 Å². The van der Waals surface area contributed by atoms with Crippen molar-refractivity contribution in [3.63, 3.8) is 0 Å². The highest BCUT2D eigenvalue weighted by atomic mass is 16.5. The Morgan fingerprint density at radius 3 is 1.14 bits per heavy atom. The van der Waals surface area contributed by atoms with E-state index in [9.17, 15) is 29.4 Å². The number of carbonyl (C=O) groups excluding carboxylic acids is 2. The van der Waals surface area contributed by atoms with Gasteiger partial charge in [-0.1, -0.05) is 36.4 Å². The molecule has 7 aromatic rings. The second kappa shape index (κ2) is 14.8. The van der Waals surface area contributed by atoms with Crippen molar-refractivity contribution in [3.05, 3.63) is 115 Å². The number of fused-ring (bicyclic) bond motifs is 2. The van der Waals surface area contributed by atoms with Crippen LogP contribution in [0.15, 0.2) is 82.4 Å². The van der Waals surface area contributed by atoms with Crippen LogP contribution in [0, 0.1) is 0 Å². The zero-order chi connectivity index (χ0) is 40.0. The third-order valence-electron chi connectivity index (χ3n) is 10.1. The van der Waals surface area contributed by atoms with Crippen molar-refractivity contribution in [3.8, 4) is 34.5 Å². The highest BCUT2D eigenvalue weighted by Gasteiger charge is 2.33. The Kier molecular flexibility index (Phi) is 9.90. The van der Waals surface area contributed by atoms with Crippen LogP contribution >= 0.6 is 0 Å². The molecule has 0 bridgehead atoms. The van der Waals surface area contributed by atoms with Gasteiger partial charge in [0.1, 0.15) is 35.2 Å². The van der Waals surface area contributed by atoms with E-state index in [1.54, 1.807) is 74.5 Å². The molecular formula is C44H38O12. The Hall–Kier alpha value is -6.82. The molecule has 0 heterocycles. The summed E-state index contributed by atoms with van der Waals surface area (Å²) >= 11 is 0. The highest BCUT2D eigenvalue weighted by Crippen LogP contribution is 2.53. The zero-order valence-electron chi connectivity index (χ0n) is 31.5. The molecule has 0 aliphatic heterocycles. The molecule has 12 heteroatoms. The number of benzene rings is 7. The Morgan fingerprint density at radius 1 is 0.500 bits per heavy atom. The molecule has 0 aliphatic carbocycles. The molecule has 0 saturated carbocycles. The predicted molar refractivity (Wildman–Crippen MR) is 211 cm³/mol. The normalized spacial score (nSPS) is 12.5. The monoisotopic (exact) mass is 758 g/mol. The van der Waals surface area contributed by atoms with E-state index in [-0.39, 0.29) is 79.3 Å². The number of hydrogen-bond acceptors (Lipinski definition) is 12. The molecule has 0 radical (unpaired) electrons. The van der Waals surface area contributed by atoms with E-state index in [0.717, 1.165) is 0 Å². The summed E-state index contributed by atoms with van der Waals surface area (Å²) in [6, 6.07) is 19.8. The summed E-state index contributed by atoms with van der Waals surface area (Å²) in [5.41, 5.74) is -0.813. The molecule has 0 amide bonds. The first kappa shape index (κ1) is 37.5. The number of hydrogen-bond donors (Lipinski definition) is 2. The molecular weight excluding hydrogens is 720 g/mol. The number of rotatable bonds is 12. The van der Waals surface area contributed by atoms with Gasteiger partial charge in [0.05, 0.1) is 50.3 Å². The number of methoxy groups -OCH3 is 4. The first-order valence-electron chi connectivity index (χ1n) is 17.7. The standard InChI is InChI=1S/C44H38O12/c1-21(55-43(49)23-13-9-7-10-14-23)17-25-31-32-26(18-22(2)56-44(50)24-15-11-8-12-16-24)40(46)42(48)36-30(54-6)20-28(52-4)34(38(32)36)33-27(51-3)19-29(53-5)35(37(31)33)41(47)39(25)45/h7-16,19-22,45-46H,17-18H2,1-6H3/t21-,22-/m1/s1. The molecule has 0 unspecified atom stereocenters. The molecule has 56 heavy (non-hydrogen) atoms. The average molecular weight is 759 g/mol. The summed E-state index contributed by atoms with van der Waals surface area (Å²) < 4.78 is 34.9. The van der Waals surface area contributed by atoms with Gasteiger partial charge in [-0.2, -0.15) is 0 Å². The van der Waals surface area contributed by atoms with Gasteiger partial charge < -0.3 is 38.6 Å². The maximum absolute atomic E-state index is 14.4. The number of esters is 2. The molecule has 286 valence electrons. The van der Waals surface area contributed by atoms with Crippen molar-refractivity contribution in [2.45, 2.75) is 38.9 Å². The smallest absolute Gasteiger partial charge is 0.338 e. The minimum atomic E-state index is -0.907. The largest absolute Gasteiger partial charge is 0.504 e. The number of phenolic OH excluding ortho intramolecular Hbond substituents is 2. The van der Waals surface area contributed by atoms with Crippen LogP contribution in [0.5, 0.6) is 34.5 Å². The average Bonchev–Trinajstić information content (AvgIpc) is 3.21. The number of aromatic hydroxyl groups is 2. The second-order valence-corrected chi connectivity index (χ2v) is 13.4. The predicted octanol–water partition coefficient (Wildman–Crippen LogP) is 6.92. The summed E-state index contributed by atoms with van der Waals surface area (Å²) in [6.07, 6.45) is -2.17. The molecule has 7 rings (SSSR count). The van der Waals surface area contributed by atoms with Gasteiger partial charge in [-0.05, 0) is 48.9 Å². The van der Waals surface area contributed by atoms with Gasteiger partial charge in [0, 0.05) is 57.6 Å². The SMILES string of the molecule is COc1cc(OC)c2c3c(OC)cc(OC)c4c(=O)c(O)c(C[C@@H](C)OC(=O)c5ccccc5)c(c5c(C[C@@H](C)OC(=O)c6ccccc6)c(O)c(=O)c1c25)c43. The Labute approximate surface area is 320 Å². The van der Waals surface area contributed by atoms with Gasteiger partial charge in [0.25, 0.3) is 0 Å². The summed E-state index contributed by atoms with van der Waals surface area (Å²) in [4.78, 5) is 55.1. The number of phenols is 2. The molecule has 0 aromatic heterocycles. The number of carbonyl (C=O) groups is 2. The van der Waals surface area contributed by atoms with E-state index in [1.807, 2.05) is 0 Å². The van der Waals surface area contributed by atoms with Crippen LogP contribution in [0.25, 0.3) is 43.1 Å². The Balaban J connectivity index is 1.63. The van der Waals surface area contributed by atoms with E-state index in [1.165, 1.54) is 40.6 Å². The van der Waals surface area contributed by atoms with Gasteiger partial charge in [-0.3, -0.25) is 9.59 Å². The van der Waals surface area contributed by atoms with Crippen LogP contribution in [0.3, 0.4) is 0 Å². The van der Waals surface area contributed by atoms with E-state index >= 15 is 0 Å².